The summed E-state index contributed by atoms with van der Waals surface area (Å²) in [6, 6.07) is 23.0. The first-order valence-corrected chi connectivity index (χ1v) is 11.1. The second-order valence-electron chi connectivity index (χ2n) is 7.37. The van der Waals surface area contributed by atoms with E-state index in [1.807, 2.05) is 88.4 Å². The van der Waals surface area contributed by atoms with Gasteiger partial charge in [0.25, 0.3) is 5.91 Å². The molecule has 33 heavy (non-hydrogen) atoms. The van der Waals surface area contributed by atoms with Crippen molar-refractivity contribution in [3.05, 3.63) is 108 Å². The minimum Gasteiger partial charge on any atom is -0.439 e. The fraction of sp³-hybridized carbons (Fsp3) is 0.179. The number of nitrogens with one attached hydrogen (secondary N) is 1. The van der Waals surface area contributed by atoms with E-state index < -0.39 is 0 Å². The lowest BCUT2D eigenvalue weighted by Crippen LogP contribution is -2.23. The van der Waals surface area contributed by atoms with Crippen LogP contribution in [0, 0.1) is 13.8 Å². The minimum absolute atomic E-state index is 0.180. The van der Waals surface area contributed by atoms with Crippen LogP contribution in [0.25, 0.3) is 11.1 Å². The Morgan fingerprint density at radius 2 is 1.67 bits per heavy atom. The van der Waals surface area contributed by atoms with Crippen LogP contribution in [0.5, 0.6) is 11.6 Å². The molecule has 4 rings (SSSR count). The molecule has 0 bridgehead atoms. The van der Waals surface area contributed by atoms with Crippen molar-refractivity contribution in [3.63, 3.8) is 0 Å². The van der Waals surface area contributed by atoms with Crippen LogP contribution >= 0.6 is 0 Å². The van der Waals surface area contributed by atoms with Crippen molar-refractivity contribution in [2.75, 3.05) is 0 Å². The maximum atomic E-state index is 12.9. The number of hydrogen-bond donors (Lipinski definition) is 1. The molecule has 0 unspecified atom stereocenters. The van der Waals surface area contributed by atoms with Crippen LogP contribution in [0.3, 0.4) is 0 Å². The first kappa shape index (κ1) is 23.7. The van der Waals surface area contributed by atoms with E-state index in [9.17, 15) is 4.79 Å². The lowest BCUT2D eigenvalue weighted by Gasteiger charge is -2.12. The highest BCUT2D eigenvalue weighted by atomic mass is 16.5. The Kier molecular flexibility index (Phi) is 8.30. The zero-order chi connectivity index (χ0) is 23.6. The Morgan fingerprint density at radius 1 is 0.879 bits per heavy atom. The SMILES string of the molecule is CC.Cc1ccc(-c2cc(Oc3ccccn3)cc(C(=O)NCc3ccc(C)nc3)c2)cc1. The summed E-state index contributed by atoms with van der Waals surface area (Å²) in [5, 5.41) is 2.96. The van der Waals surface area contributed by atoms with Gasteiger partial charge >= 0.3 is 0 Å². The van der Waals surface area contributed by atoms with Gasteiger partial charge in [0.05, 0.1) is 0 Å². The summed E-state index contributed by atoms with van der Waals surface area (Å²) in [6.07, 6.45) is 3.44. The summed E-state index contributed by atoms with van der Waals surface area (Å²) in [6.45, 7) is 8.38. The minimum atomic E-state index is -0.180. The van der Waals surface area contributed by atoms with Crippen molar-refractivity contribution >= 4 is 5.91 Å². The normalized spacial score (nSPS) is 10.1. The summed E-state index contributed by atoms with van der Waals surface area (Å²) in [5.74, 6) is 0.847. The molecule has 0 saturated heterocycles. The molecule has 0 saturated carbocycles. The van der Waals surface area contributed by atoms with Gasteiger partial charge in [-0.2, -0.15) is 0 Å². The number of aromatic nitrogens is 2. The summed E-state index contributed by atoms with van der Waals surface area (Å²) < 4.78 is 5.93. The molecule has 2 aromatic carbocycles. The molecular weight excluding hydrogens is 410 g/mol. The lowest BCUT2D eigenvalue weighted by molar-refractivity contribution is 0.0950. The van der Waals surface area contributed by atoms with Gasteiger partial charge in [-0.25, -0.2) is 4.98 Å². The van der Waals surface area contributed by atoms with E-state index in [4.69, 9.17) is 4.74 Å². The van der Waals surface area contributed by atoms with Crippen molar-refractivity contribution in [2.45, 2.75) is 34.2 Å². The number of ether oxygens (including phenoxy) is 1. The van der Waals surface area contributed by atoms with E-state index in [0.29, 0.717) is 23.7 Å². The second kappa shape index (κ2) is 11.6. The van der Waals surface area contributed by atoms with E-state index in [-0.39, 0.29) is 5.91 Å². The number of nitrogens with zero attached hydrogens (tertiary/aromatic N) is 2. The topological polar surface area (TPSA) is 64.1 Å². The standard InChI is InChI=1S/C26H23N3O2.C2H6/c1-18-6-10-21(11-7-18)22-13-23(15-24(14-22)31-25-5-3-4-12-27-25)26(30)29-17-20-9-8-19(2)28-16-20;1-2/h3-16H,17H2,1-2H3,(H,29,30);1-2H3. The number of benzene rings is 2. The number of amides is 1. The smallest absolute Gasteiger partial charge is 0.251 e. The molecule has 0 radical (unpaired) electrons. The number of rotatable bonds is 6. The zero-order valence-corrected chi connectivity index (χ0v) is 19.5. The van der Waals surface area contributed by atoms with Gasteiger partial charge in [0.15, 0.2) is 0 Å². The molecule has 1 N–H and O–H groups in total. The van der Waals surface area contributed by atoms with Gasteiger partial charge in [0, 0.05) is 36.3 Å². The molecule has 2 aromatic heterocycles. The van der Waals surface area contributed by atoms with Gasteiger partial charge in [-0.15, -0.1) is 0 Å². The van der Waals surface area contributed by atoms with Crippen molar-refractivity contribution in [2.24, 2.45) is 0 Å². The number of carbonyl (C=O) groups is 1. The van der Waals surface area contributed by atoms with Gasteiger partial charge in [-0.05, 0) is 60.9 Å². The molecule has 0 aliphatic heterocycles. The maximum absolute atomic E-state index is 12.9. The summed E-state index contributed by atoms with van der Waals surface area (Å²) in [5.41, 5.74) is 5.48. The molecule has 5 heteroatoms. The van der Waals surface area contributed by atoms with Crippen molar-refractivity contribution < 1.29 is 9.53 Å². The van der Waals surface area contributed by atoms with Crippen LogP contribution < -0.4 is 10.1 Å². The third-order valence-electron chi connectivity index (χ3n) is 4.84. The molecule has 0 aliphatic carbocycles. The Hall–Kier alpha value is -3.99. The Balaban J connectivity index is 0.00000149. The van der Waals surface area contributed by atoms with Crippen LogP contribution in [-0.4, -0.2) is 15.9 Å². The third kappa shape index (κ3) is 6.74. The van der Waals surface area contributed by atoms with Crippen LogP contribution in [-0.2, 0) is 6.54 Å². The quantitative estimate of drug-likeness (QED) is 0.372. The molecule has 4 aromatic rings. The fourth-order valence-electron chi connectivity index (χ4n) is 3.12. The Labute approximate surface area is 195 Å². The van der Waals surface area contributed by atoms with Gasteiger partial charge < -0.3 is 10.1 Å². The average Bonchev–Trinajstić information content (AvgIpc) is 2.85. The molecule has 0 atom stereocenters. The second-order valence-corrected chi connectivity index (χ2v) is 7.37. The highest BCUT2D eigenvalue weighted by Crippen LogP contribution is 2.29. The predicted octanol–water partition coefficient (Wildman–Crippen LogP) is 6.51. The molecule has 0 spiro atoms. The molecule has 0 aliphatic rings. The average molecular weight is 440 g/mol. The van der Waals surface area contributed by atoms with E-state index >= 15 is 0 Å². The Bertz CT molecular complexity index is 1170. The van der Waals surface area contributed by atoms with E-state index in [1.54, 1.807) is 24.5 Å². The summed E-state index contributed by atoms with van der Waals surface area (Å²) in [4.78, 5) is 21.4. The first-order chi connectivity index (χ1) is 16.1. The predicted molar refractivity (Wildman–Crippen MR) is 132 cm³/mol. The molecule has 1 amide bonds. The molecule has 5 nitrogen and oxygen atoms in total. The molecular formula is C28H29N3O2. The number of aryl methyl sites for hydroxylation is 2. The van der Waals surface area contributed by atoms with Gasteiger partial charge in [-0.1, -0.05) is 55.8 Å². The van der Waals surface area contributed by atoms with Crippen molar-refractivity contribution in [1.82, 2.24) is 15.3 Å². The zero-order valence-electron chi connectivity index (χ0n) is 19.5. The fourth-order valence-corrected chi connectivity index (χ4v) is 3.12. The monoisotopic (exact) mass is 439 g/mol. The van der Waals surface area contributed by atoms with Crippen LogP contribution in [0.1, 0.15) is 41.0 Å². The van der Waals surface area contributed by atoms with Crippen LogP contribution in [0.15, 0.2) is 85.2 Å². The van der Waals surface area contributed by atoms with Gasteiger partial charge in [0.2, 0.25) is 5.88 Å². The van der Waals surface area contributed by atoms with Crippen molar-refractivity contribution in [1.29, 1.82) is 0 Å². The molecule has 2 heterocycles. The molecule has 168 valence electrons. The maximum Gasteiger partial charge on any atom is 0.251 e. The van der Waals surface area contributed by atoms with Gasteiger partial charge in [-0.3, -0.25) is 9.78 Å². The largest absolute Gasteiger partial charge is 0.439 e. The van der Waals surface area contributed by atoms with Crippen molar-refractivity contribution in [3.8, 4) is 22.8 Å². The lowest BCUT2D eigenvalue weighted by atomic mass is 10.0. The summed E-state index contributed by atoms with van der Waals surface area (Å²) in [7, 11) is 0. The number of hydrogen-bond acceptors (Lipinski definition) is 4. The van der Waals surface area contributed by atoms with E-state index in [1.165, 1.54) is 5.56 Å². The first-order valence-electron chi connectivity index (χ1n) is 11.1. The molecule has 0 fully saturated rings. The van der Waals surface area contributed by atoms with E-state index in [0.717, 1.165) is 22.4 Å². The van der Waals surface area contributed by atoms with Gasteiger partial charge in [0.1, 0.15) is 5.75 Å². The van der Waals surface area contributed by atoms with E-state index in [2.05, 4.69) is 15.3 Å². The van der Waals surface area contributed by atoms with Crippen LogP contribution in [0.2, 0.25) is 0 Å². The highest BCUT2D eigenvalue weighted by Gasteiger charge is 2.12. The Morgan fingerprint density at radius 3 is 2.33 bits per heavy atom. The number of pyridine rings is 2. The summed E-state index contributed by atoms with van der Waals surface area (Å²) >= 11 is 0. The number of carbonyl (C=O) groups excluding carboxylic acids is 1. The van der Waals surface area contributed by atoms with Crippen LogP contribution in [0.4, 0.5) is 0 Å². The third-order valence-corrected chi connectivity index (χ3v) is 4.84. The highest BCUT2D eigenvalue weighted by molar-refractivity contribution is 5.96.